The highest BCUT2D eigenvalue weighted by molar-refractivity contribution is 5.97. The van der Waals surface area contributed by atoms with Crippen LogP contribution in [-0.4, -0.2) is 86.5 Å². The van der Waals surface area contributed by atoms with E-state index in [2.05, 4.69) is 34.3 Å². The molecular formula is C28H37N5O4. The number of hydrogen-bond donors (Lipinski definition) is 2. The van der Waals surface area contributed by atoms with Gasteiger partial charge in [-0.05, 0) is 47.9 Å². The van der Waals surface area contributed by atoms with Crippen LogP contribution in [0.25, 0.3) is 0 Å². The lowest BCUT2D eigenvalue weighted by molar-refractivity contribution is -0.145. The molecule has 9 nitrogen and oxygen atoms in total. The number of nitrogens with zero attached hydrogens (tertiary/aromatic N) is 3. The summed E-state index contributed by atoms with van der Waals surface area (Å²) in [5.74, 6) is 0.540. The van der Waals surface area contributed by atoms with E-state index in [-0.39, 0.29) is 30.7 Å². The van der Waals surface area contributed by atoms with Crippen molar-refractivity contribution in [3.63, 3.8) is 0 Å². The van der Waals surface area contributed by atoms with E-state index in [9.17, 15) is 14.4 Å². The summed E-state index contributed by atoms with van der Waals surface area (Å²) in [5.41, 5.74) is 2.99. The Labute approximate surface area is 218 Å². The van der Waals surface area contributed by atoms with E-state index in [0.29, 0.717) is 24.7 Å². The summed E-state index contributed by atoms with van der Waals surface area (Å²) in [5, 5.41) is 5.66. The van der Waals surface area contributed by atoms with Crippen molar-refractivity contribution in [3.05, 3.63) is 54.1 Å². The first kappa shape index (κ1) is 26.5. The highest BCUT2D eigenvalue weighted by Crippen LogP contribution is 2.21. The van der Waals surface area contributed by atoms with Crippen LogP contribution in [0.2, 0.25) is 0 Å². The van der Waals surface area contributed by atoms with Crippen LogP contribution in [0.3, 0.4) is 0 Å². The van der Waals surface area contributed by atoms with Gasteiger partial charge >= 0.3 is 0 Å². The van der Waals surface area contributed by atoms with Gasteiger partial charge in [0, 0.05) is 50.6 Å². The summed E-state index contributed by atoms with van der Waals surface area (Å²) in [6, 6.07) is 14.9. The maximum atomic E-state index is 13.2. The molecule has 2 N–H and O–H groups in total. The van der Waals surface area contributed by atoms with Gasteiger partial charge in [0.25, 0.3) is 0 Å². The summed E-state index contributed by atoms with van der Waals surface area (Å²) >= 11 is 0. The SMILES string of the molecule is COc1ccc(N2CCN(CC(=O)N3CCNC(=O)C3CC(=O)Nc3ccc(C(C)C)cc3)CC2)cc1. The average molecular weight is 508 g/mol. The van der Waals surface area contributed by atoms with Crippen LogP contribution >= 0.6 is 0 Å². The van der Waals surface area contributed by atoms with E-state index in [1.165, 1.54) is 5.56 Å². The van der Waals surface area contributed by atoms with Gasteiger partial charge in [0.05, 0.1) is 20.1 Å². The van der Waals surface area contributed by atoms with Crippen LogP contribution in [0.1, 0.15) is 31.7 Å². The third kappa shape index (κ3) is 6.80. The maximum Gasteiger partial charge on any atom is 0.243 e. The summed E-state index contributed by atoms with van der Waals surface area (Å²) in [6.07, 6.45) is -0.0747. The van der Waals surface area contributed by atoms with Crippen molar-refractivity contribution >= 4 is 29.1 Å². The van der Waals surface area contributed by atoms with Gasteiger partial charge in [-0.25, -0.2) is 0 Å². The molecule has 2 heterocycles. The smallest absolute Gasteiger partial charge is 0.243 e. The molecule has 4 rings (SSSR count). The molecule has 2 fully saturated rings. The number of ether oxygens (including phenoxy) is 1. The zero-order valence-corrected chi connectivity index (χ0v) is 21.9. The minimum Gasteiger partial charge on any atom is -0.497 e. The number of amides is 3. The van der Waals surface area contributed by atoms with Gasteiger partial charge in [-0.3, -0.25) is 19.3 Å². The number of methoxy groups -OCH3 is 1. The van der Waals surface area contributed by atoms with Gasteiger partial charge in [0.2, 0.25) is 17.7 Å². The lowest BCUT2D eigenvalue weighted by atomic mass is 10.0. The second kappa shape index (κ2) is 12.1. The molecule has 0 radical (unpaired) electrons. The third-order valence-electron chi connectivity index (χ3n) is 7.06. The molecule has 2 aromatic rings. The number of piperazine rings is 2. The third-order valence-corrected chi connectivity index (χ3v) is 7.06. The highest BCUT2D eigenvalue weighted by atomic mass is 16.5. The van der Waals surface area contributed by atoms with Crippen molar-refractivity contribution in [1.29, 1.82) is 0 Å². The second-order valence-corrected chi connectivity index (χ2v) is 9.88. The van der Waals surface area contributed by atoms with Gasteiger partial charge < -0.3 is 25.2 Å². The van der Waals surface area contributed by atoms with Crippen LogP contribution in [0.15, 0.2) is 48.5 Å². The fourth-order valence-electron chi connectivity index (χ4n) is 4.79. The Kier molecular flexibility index (Phi) is 8.66. The monoisotopic (exact) mass is 507 g/mol. The number of rotatable bonds is 8. The van der Waals surface area contributed by atoms with Gasteiger partial charge in [0.15, 0.2) is 0 Å². The standard InChI is InChI=1S/C28H37N5O4/c1-20(2)21-4-6-22(7-5-21)30-26(34)18-25-28(36)29-12-13-33(25)27(35)19-31-14-16-32(17-15-31)23-8-10-24(37-3)11-9-23/h4-11,20,25H,12-19H2,1-3H3,(H,29,36)(H,30,34). The van der Waals surface area contributed by atoms with Crippen molar-refractivity contribution in [3.8, 4) is 5.75 Å². The number of hydrogen-bond acceptors (Lipinski definition) is 6. The van der Waals surface area contributed by atoms with Crippen LogP contribution in [-0.2, 0) is 14.4 Å². The largest absolute Gasteiger partial charge is 0.497 e. The summed E-state index contributed by atoms with van der Waals surface area (Å²) in [4.78, 5) is 44.6. The maximum absolute atomic E-state index is 13.2. The molecule has 0 saturated carbocycles. The van der Waals surface area contributed by atoms with E-state index < -0.39 is 6.04 Å². The molecule has 1 atom stereocenters. The average Bonchev–Trinajstić information content (AvgIpc) is 2.90. The van der Waals surface area contributed by atoms with Crippen LogP contribution < -0.4 is 20.3 Å². The Hall–Kier alpha value is -3.59. The lowest BCUT2D eigenvalue weighted by Crippen LogP contribution is -2.60. The molecule has 37 heavy (non-hydrogen) atoms. The molecule has 1 unspecified atom stereocenters. The molecular weight excluding hydrogens is 470 g/mol. The van der Waals surface area contributed by atoms with Crippen molar-refractivity contribution in [2.24, 2.45) is 0 Å². The summed E-state index contributed by atoms with van der Waals surface area (Å²) in [6.45, 7) is 8.36. The number of carbonyl (C=O) groups excluding carboxylic acids is 3. The fourth-order valence-corrected chi connectivity index (χ4v) is 4.79. The molecule has 2 saturated heterocycles. The van der Waals surface area contributed by atoms with Crippen LogP contribution in [0.5, 0.6) is 5.75 Å². The van der Waals surface area contributed by atoms with E-state index >= 15 is 0 Å². The summed E-state index contributed by atoms with van der Waals surface area (Å²) in [7, 11) is 1.65. The molecule has 2 aromatic carbocycles. The van der Waals surface area contributed by atoms with Crippen molar-refractivity contribution in [2.75, 3.05) is 63.1 Å². The zero-order chi connectivity index (χ0) is 26.4. The van der Waals surface area contributed by atoms with Crippen molar-refractivity contribution in [2.45, 2.75) is 32.2 Å². The molecule has 0 bridgehead atoms. The minimum atomic E-state index is -0.809. The Morgan fingerprint density at radius 3 is 2.30 bits per heavy atom. The quantitative estimate of drug-likeness (QED) is 0.570. The normalized spacial score (nSPS) is 18.5. The zero-order valence-electron chi connectivity index (χ0n) is 21.9. The molecule has 0 aromatic heterocycles. The molecule has 2 aliphatic heterocycles. The topological polar surface area (TPSA) is 94.2 Å². The molecule has 0 aliphatic carbocycles. The van der Waals surface area contributed by atoms with Crippen LogP contribution in [0, 0.1) is 0 Å². The van der Waals surface area contributed by atoms with E-state index in [1.54, 1.807) is 12.0 Å². The lowest BCUT2D eigenvalue weighted by Gasteiger charge is -2.39. The Balaban J connectivity index is 1.30. The van der Waals surface area contributed by atoms with Crippen LogP contribution in [0.4, 0.5) is 11.4 Å². The Morgan fingerprint density at radius 1 is 1.00 bits per heavy atom. The fraction of sp³-hybridized carbons (Fsp3) is 0.464. The van der Waals surface area contributed by atoms with E-state index in [4.69, 9.17) is 4.74 Å². The van der Waals surface area contributed by atoms with Gasteiger partial charge in [0.1, 0.15) is 11.8 Å². The van der Waals surface area contributed by atoms with Crippen molar-refractivity contribution in [1.82, 2.24) is 15.1 Å². The second-order valence-electron chi connectivity index (χ2n) is 9.88. The van der Waals surface area contributed by atoms with Gasteiger partial charge in [-0.2, -0.15) is 0 Å². The Morgan fingerprint density at radius 2 is 1.68 bits per heavy atom. The first-order chi connectivity index (χ1) is 17.8. The first-order valence-electron chi connectivity index (χ1n) is 12.9. The molecule has 198 valence electrons. The van der Waals surface area contributed by atoms with Gasteiger partial charge in [-0.15, -0.1) is 0 Å². The number of benzene rings is 2. The Bertz CT molecular complexity index is 1080. The number of anilines is 2. The summed E-state index contributed by atoms with van der Waals surface area (Å²) < 4.78 is 5.23. The predicted octanol–water partition coefficient (Wildman–Crippen LogP) is 2.30. The van der Waals surface area contributed by atoms with E-state index in [0.717, 1.165) is 37.6 Å². The van der Waals surface area contributed by atoms with E-state index in [1.807, 2.05) is 48.5 Å². The molecule has 3 amide bonds. The molecule has 9 heteroatoms. The predicted molar refractivity (Wildman–Crippen MR) is 144 cm³/mol. The van der Waals surface area contributed by atoms with Crippen molar-refractivity contribution < 1.29 is 19.1 Å². The number of carbonyl (C=O) groups is 3. The van der Waals surface area contributed by atoms with Gasteiger partial charge in [-0.1, -0.05) is 26.0 Å². The highest BCUT2D eigenvalue weighted by Gasteiger charge is 2.35. The number of nitrogens with one attached hydrogen (secondary N) is 2. The first-order valence-corrected chi connectivity index (χ1v) is 12.9. The molecule has 2 aliphatic rings. The minimum absolute atomic E-state index is 0.0747. The molecule has 0 spiro atoms.